The van der Waals surface area contributed by atoms with Crippen molar-refractivity contribution in [3.63, 3.8) is 0 Å². The van der Waals surface area contributed by atoms with Gasteiger partial charge in [-0.25, -0.2) is 13.1 Å². The highest BCUT2D eigenvalue weighted by Gasteiger charge is 2.27. The van der Waals surface area contributed by atoms with Gasteiger partial charge in [0.05, 0.1) is 0 Å². The van der Waals surface area contributed by atoms with E-state index in [1.807, 2.05) is 18.2 Å². The second-order valence-electron chi connectivity index (χ2n) is 5.49. The number of carbonyl (C=O) groups is 1. The first-order valence-electron chi connectivity index (χ1n) is 7.46. The molecule has 1 N–H and O–H groups in total. The van der Waals surface area contributed by atoms with Crippen LogP contribution in [-0.2, 0) is 10.0 Å². The SMILES string of the molecule is O=C(c1ccccc1)N1CCC(NS(=O)(=O)c2cccs2)CC1. The normalized spacial score (nSPS) is 16.4. The van der Waals surface area contributed by atoms with Crippen LogP contribution in [0.25, 0.3) is 0 Å². The zero-order valence-corrected chi connectivity index (χ0v) is 14.1. The van der Waals surface area contributed by atoms with Gasteiger partial charge in [-0.3, -0.25) is 4.79 Å². The fourth-order valence-electron chi connectivity index (χ4n) is 2.66. The molecule has 0 aliphatic carbocycles. The van der Waals surface area contributed by atoms with Crippen LogP contribution in [0.15, 0.2) is 52.1 Å². The number of carbonyl (C=O) groups excluding carboxylic acids is 1. The molecular formula is C16H18N2O3S2. The third-order valence-electron chi connectivity index (χ3n) is 3.88. The van der Waals surface area contributed by atoms with Gasteiger partial charge in [0.15, 0.2) is 0 Å². The highest BCUT2D eigenvalue weighted by Crippen LogP contribution is 2.19. The van der Waals surface area contributed by atoms with Crippen LogP contribution in [0.2, 0.25) is 0 Å². The van der Waals surface area contributed by atoms with Gasteiger partial charge in [0.1, 0.15) is 4.21 Å². The Labute approximate surface area is 140 Å². The average molecular weight is 350 g/mol. The third kappa shape index (κ3) is 3.80. The van der Waals surface area contributed by atoms with Gasteiger partial charge >= 0.3 is 0 Å². The lowest BCUT2D eigenvalue weighted by molar-refractivity contribution is 0.0711. The van der Waals surface area contributed by atoms with E-state index in [2.05, 4.69) is 4.72 Å². The maximum Gasteiger partial charge on any atom is 0.253 e. The maximum atomic E-state index is 12.4. The smallest absolute Gasteiger partial charge is 0.253 e. The van der Waals surface area contributed by atoms with Gasteiger partial charge in [-0.1, -0.05) is 24.3 Å². The first-order chi connectivity index (χ1) is 11.1. The van der Waals surface area contributed by atoms with E-state index in [-0.39, 0.29) is 11.9 Å². The molecular weight excluding hydrogens is 332 g/mol. The van der Waals surface area contributed by atoms with E-state index in [1.165, 1.54) is 11.3 Å². The van der Waals surface area contributed by atoms with Crippen molar-refractivity contribution in [2.24, 2.45) is 0 Å². The zero-order chi connectivity index (χ0) is 16.3. The first-order valence-corrected chi connectivity index (χ1v) is 9.83. The highest BCUT2D eigenvalue weighted by molar-refractivity contribution is 7.91. The number of hydrogen-bond donors (Lipinski definition) is 1. The summed E-state index contributed by atoms with van der Waals surface area (Å²) in [4.78, 5) is 14.2. The summed E-state index contributed by atoms with van der Waals surface area (Å²) < 4.78 is 27.5. The van der Waals surface area contributed by atoms with Crippen LogP contribution in [0.5, 0.6) is 0 Å². The van der Waals surface area contributed by atoms with Crippen LogP contribution in [0.4, 0.5) is 0 Å². The number of nitrogens with one attached hydrogen (secondary N) is 1. The molecule has 5 nitrogen and oxygen atoms in total. The lowest BCUT2D eigenvalue weighted by Crippen LogP contribution is -2.46. The molecule has 0 atom stereocenters. The lowest BCUT2D eigenvalue weighted by atomic mass is 10.0. The number of hydrogen-bond acceptors (Lipinski definition) is 4. The van der Waals surface area contributed by atoms with Gasteiger partial charge in [0.25, 0.3) is 5.91 Å². The van der Waals surface area contributed by atoms with E-state index in [0.717, 1.165) is 0 Å². The van der Waals surface area contributed by atoms with E-state index >= 15 is 0 Å². The molecule has 0 unspecified atom stereocenters. The summed E-state index contributed by atoms with van der Waals surface area (Å²) in [6.45, 7) is 1.12. The Hall–Kier alpha value is -1.70. The number of thiophene rings is 1. The predicted molar refractivity (Wildman–Crippen MR) is 90.0 cm³/mol. The Balaban J connectivity index is 1.58. The molecule has 1 aliphatic heterocycles. The van der Waals surface area contributed by atoms with E-state index < -0.39 is 10.0 Å². The molecule has 1 aliphatic rings. The van der Waals surface area contributed by atoms with Crippen molar-refractivity contribution in [2.75, 3.05) is 13.1 Å². The predicted octanol–water partition coefficient (Wildman–Crippen LogP) is 2.33. The number of sulfonamides is 1. The number of rotatable bonds is 4. The van der Waals surface area contributed by atoms with Gasteiger partial charge in [-0.2, -0.15) is 0 Å². The fourth-order valence-corrected chi connectivity index (χ4v) is 4.97. The van der Waals surface area contributed by atoms with E-state index in [4.69, 9.17) is 0 Å². The van der Waals surface area contributed by atoms with Crippen LogP contribution in [0, 0.1) is 0 Å². The Bertz CT molecular complexity index is 750. The summed E-state index contributed by atoms with van der Waals surface area (Å²) >= 11 is 1.21. The summed E-state index contributed by atoms with van der Waals surface area (Å²) in [5, 5.41) is 1.75. The van der Waals surface area contributed by atoms with Crippen LogP contribution in [0.1, 0.15) is 23.2 Å². The van der Waals surface area contributed by atoms with Crippen LogP contribution in [-0.4, -0.2) is 38.4 Å². The summed E-state index contributed by atoms with van der Waals surface area (Å²) in [6.07, 6.45) is 1.26. The van der Waals surface area contributed by atoms with Gasteiger partial charge < -0.3 is 4.90 Å². The largest absolute Gasteiger partial charge is 0.339 e. The minimum atomic E-state index is -3.44. The standard InChI is InChI=1S/C16H18N2O3S2/c19-16(13-5-2-1-3-6-13)18-10-8-14(9-11-18)17-23(20,21)15-7-4-12-22-15/h1-7,12,14,17H,8-11H2. The molecule has 1 aromatic heterocycles. The summed E-state index contributed by atoms with van der Waals surface area (Å²) in [5.74, 6) is 0.00478. The minimum Gasteiger partial charge on any atom is -0.339 e. The monoisotopic (exact) mass is 350 g/mol. The molecule has 3 rings (SSSR count). The lowest BCUT2D eigenvalue weighted by Gasteiger charge is -2.32. The third-order valence-corrected chi connectivity index (χ3v) is 6.80. The van der Waals surface area contributed by atoms with Crippen molar-refractivity contribution in [3.8, 4) is 0 Å². The van der Waals surface area contributed by atoms with E-state index in [1.54, 1.807) is 34.5 Å². The zero-order valence-electron chi connectivity index (χ0n) is 12.5. The van der Waals surface area contributed by atoms with Crippen molar-refractivity contribution >= 4 is 27.3 Å². The first kappa shape index (κ1) is 16.2. The second kappa shape index (κ2) is 6.82. The maximum absolute atomic E-state index is 12.4. The van der Waals surface area contributed by atoms with E-state index in [0.29, 0.717) is 35.7 Å². The van der Waals surface area contributed by atoms with Crippen LogP contribution < -0.4 is 4.72 Å². The summed E-state index contributed by atoms with van der Waals surface area (Å²) in [6, 6.07) is 12.4. The average Bonchev–Trinajstić information content (AvgIpc) is 3.11. The van der Waals surface area contributed by atoms with Crippen molar-refractivity contribution in [1.29, 1.82) is 0 Å². The second-order valence-corrected chi connectivity index (χ2v) is 8.37. The Morgan fingerprint density at radius 3 is 2.39 bits per heavy atom. The van der Waals surface area contributed by atoms with E-state index in [9.17, 15) is 13.2 Å². The van der Waals surface area contributed by atoms with Gasteiger partial charge in [0, 0.05) is 24.7 Å². The fraction of sp³-hybridized carbons (Fsp3) is 0.312. The number of nitrogens with zero attached hydrogens (tertiary/aromatic N) is 1. The Morgan fingerprint density at radius 1 is 1.09 bits per heavy atom. The number of benzene rings is 1. The molecule has 0 saturated carbocycles. The molecule has 1 amide bonds. The van der Waals surface area contributed by atoms with Crippen molar-refractivity contribution in [1.82, 2.24) is 9.62 Å². The molecule has 23 heavy (non-hydrogen) atoms. The number of likely N-dealkylation sites (tertiary alicyclic amines) is 1. The summed E-state index contributed by atoms with van der Waals surface area (Å²) in [5.41, 5.74) is 0.671. The van der Waals surface area contributed by atoms with Gasteiger partial charge in [-0.05, 0) is 36.4 Å². The minimum absolute atomic E-state index is 0.00478. The molecule has 2 heterocycles. The molecule has 7 heteroatoms. The highest BCUT2D eigenvalue weighted by atomic mass is 32.2. The topological polar surface area (TPSA) is 66.5 Å². The van der Waals surface area contributed by atoms with Crippen molar-refractivity contribution < 1.29 is 13.2 Å². The summed E-state index contributed by atoms with van der Waals surface area (Å²) in [7, 11) is -3.44. The number of amides is 1. The number of piperidine rings is 1. The molecule has 1 aromatic carbocycles. The molecule has 2 aromatic rings. The molecule has 0 spiro atoms. The molecule has 0 bridgehead atoms. The van der Waals surface area contributed by atoms with Crippen molar-refractivity contribution in [2.45, 2.75) is 23.1 Å². The van der Waals surface area contributed by atoms with Crippen molar-refractivity contribution in [3.05, 3.63) is 53.4 Å². The van der Waals surface area contributed by atoms with Gasteiger partial charge in [0.2, 0.25) is 10.0 Å². The molecule has 1 saturated heterocycles. The van der Waals surface area contributed by atoms with Crippen LogP contribution >= 0.6 is 11.3 Å². The van der Waals surface area contributed by atoms with Crippen LogP contribution in [0.3, 0.4) is 0 Å². The van der Waals surface area contributed by atoms with Gasteiger partial charge in [-0.15, -0.1) is 11.3 Å². The Morgan fingerprint density at radius 2 is 1.78 bits per heavy atom. The molecule has 1 fully saturated rings. The molecule has 122 valence electrons. The Kier molecular flexibility index (Phi) is 4.79. The quantitative estimate of drug-likeness (QED) is 0.920. The molecule has 0 radical (unpaired) electrons.